The van der Waals surface area contributed by atoms with Gasteiger partial charge in [-0.25, -0.2) is 0 Å². The first-order valence-electron chi connectivity index (χ1n) is 6.42. The minimum Gasteiger partial charge on any atom is -0.371 e. The van der Waals surface area contributed by atoms with Crippen LogP contribution in [0.5, 0.6) is 0 Å². The summed E-state index contributed by atoms with van der Waals surface area (Å²) in [5.41, 5.74) is 6.05. The fraction of sp³-hybridized carbons (Fsp3) is 0.500. The van der Waals surface area contributed by atoms with Gasteiger partial charge in [-0.05, 0) is 37.0 Å². The Morgan fingerprint density at radius 3 is 3.00 bits per heavy atom. The lowest BCUT2D eigenvalue weighted by atomic mass is 9.84. The summed E-state index contributed by atoms with van der Waals surface area (Å²) in [7, 11) is 0. The molecule has 2 unspecified atom stereocenters. The van der Waals surface area contributed by atoms with Crippen LogP contribution >= 0.6 is 15.9 Å². The molecule has 98 valence electrons. The predicted molar refractivity (Wildman–Crippen MR) is 77.3 cm³/mol. The number of nitrogens with one attached hydrogen (secondary N) is 1. The molecule has 0 aliphatic heterocycles. The van der Waals surface area contributed by atoms with Gasteiger partial charge in [0, 0.05) is 10.2 Å². The molecule has 1 aromatic carbocycles. The van der Waals surface area contributed by atoms with Crippen LogP contribution < -0.4 is 11.1 Å². The Bertz CT molecular complexity index is 449. The molecular weight excluding hydrogens is 292 g/mol. The highest BCUT2D eigenvalue weighted by Crippen LogP contribution is 2.40. The molecule has 4 heteroatoms. The average molecular weight is 311 g/mol. The number of hydrogen-bond acceptors (Lipinski definition) is 2. The summed E-state index contributed by atoms with van der Waals surface area (Å²) in [5, 5.41) is 3.39. The number of rotatable bonds is 4. The second-order valence-corrected chi connectivity index (χ2v) is 5.88. The van der Waals surface area contributed by atoms with E-state index < -0.39 is 5.54 Å². The van der Waals surface area contributed by atoms with Gasteiger partial charge in [-0.3, -0.25) is 4.79 Å². The molecule has 2 rings (SSSR count). The van der Waals surface area contributed by atoms with Crippen LogP contribution in [0.1, 0.15) is 32.6 Å². The topological polar surface area (TPSA) is 55.1 Å². The van der Waals surface area contributed by atoms with Gasteiger partial charge < -0.3 is 11.1 Å². The minimum atomic E-state index is -0.574. The van der Waals surface area contributed by atoms with Crippen molar-refractivity contribution in [3.8, 4) is 0 Å². The summed E-state index contributed by atoms with van der Waals surface area (Å²) >= 11 is 3.44. The van der Waals surface area contributed by atoms with Crippen molar-refractivity contribution in [3.63, 3.8) is 0 Å². The summed E-state index contributed by atoms with van der Waals surface area (Å²) in [6, 6.07) is 7.88. The lowest BCUT2D eigenvalue weighted by Crippen LogP contribution is -2.53. The largest absolute Gasteiger partial charge is 0.371 e. The lowest BCUT2D eigenvalue weighted by Gasteiger charge is -2.34. The fourth-order valence-electron chi connectivity index (χ4n) is 3.00. The molecule has 18 heavy (non-hydrogen) atoms. The molecule has 0 radical (unpaired) electrons. The van der Waals surface area contributed by atoms with E-state index in [4.69, 9.17) is 5.73 Å². The maximum absolute atomic E-state index is 11.9. The van der Waals surface area contributed by atoms with Crippen molar-refractivity contribution in [1.29, 1.82) is 0 Å². The number of hydrogen-bond donors (Lipinski definition) is 2. The number of nitrogens with two attached hydrogens (primary N) is 1. The van der Waals surface area contributed by atoms with E-state index >= 15 is 0 Å². The van der Waals surface area contributed by atoms with Crippen LogP contribution in [0, 0.1) is 5.92 Å². The van der Waals surface area contributed by atoms with Crippen molar-refractivity contribution in [3.05, 3.63) is 28.7 Å². The van der Waals surface area contributed by atoms with Gasteiger partial charge in [-0.2, -0.15) is 0 Å². The summed E-state index contributed by atoms with van der Waals surface area (Å²) in [6.45, 7) is 2.12. The zero-order valence-electron chi connectivity index (χ0n) is 10.6. The Balaban J connectivity index is 2.29. The second kappa shape index (κ2) is 5.31. The Labute approximate surface area is 116 Å². The van der Waals surface area contributed by atoms with E-state index in [1.54, 1.807) is 0 Å². The van der Waals surface area contributed by atoms with Crippen molar-refractivity contribution in [2.45, 2.75) is 38.1 Å². The van der Waals surface area contributed by atoms with Crippen molar-refractivity contribution in [2.75, 3.05) is 5.32 Å². The minimum absolute atomic E-state index is 0.230. The molecule has 3 N–H and O–H groups in total. The van der Waals surface area contributed by atoms with Crippen molar-refractivity contribution >= 4 is 27.5 Å². The van der Waals surface area contributed by atoms with Gasteiger partial charge in [0.1, 0.15) is 5.54 Å². The maximum atomic E-state index is 11.9. The van der Waals surface area contributed by atoms with Crippen LogP contribution in [0.4, 0.5) is 5.69 Å². The molecule has 1 aliphatic carbocycles. The SMILES string of the molecule is CCC1CCCC1(Nc1cccc(Br)c1)C(N)=O. The smallest absolute Gasteiger partial charge is 0.243 e. The Hall–Kier alpha value is -1.03. The van der Waals surface area contributed by atoms with Gasteiger partial charge in [-0.1, -0.05) is 41.8 Å². The van der Waals surface area contributed by atoms with Gasteiger partial charge in [-0.15, -0.1) is 0 Å². The third kappa shape index (κ3) is 2.39. The summed E-state index contributed by atoms with van der Waals surface area (Å²) in [6.07, 6.45) is 3.93. The monoisotopic (exact) mass is 310 g/mol. The lowest BCUT2D eigenvalue weighted by molar-refractivity contribution is -0.123. The van der Waals surface area contributed by atoms with E-state index in [2.05, 4.69) is 28.2 Å². The van der Waals surface area contributed by atoms with Crippen LogP contribution in [-0.2, 0) is 4.79 Å². The highest BCUT2D eigenvalue weighted by atomic mass is 79.9. The molecule has 0 heterocycles. The van der Waals surface area contributed by atoms with E-state index in [9.17, 15) is 4.79 Å². The highest BCUT2D eigenvalue weighted by Gasteiger charge is 2.46. The van der Waals surface area contributed by atoms with E-state index in [0.29, 0.717) is 5.92 Å². The molecule has 0 saturated heterocycles. The Morgan fingerprint density at radius 2 is 2.39 bits per heavy atom. The number of halogens is 1. The third-order valence-corrected chi connectivity index (χ3v) is 4.44. The second-order valence-electron chi connectivity index (χ2n) is 4.97. The number of primary amides is 1. The van der Waals surface area contributed by atoms with Crippen LogP contribution in [0.3, 0.4) is 0 Å². The molecule has 1 amide bonds. The molecule has 3 nitrogen and oxygen atoms in total. The zero-order chi connectivity index (χ0) is 13.2. The molecule has 1 aliphatic rings. The molecule has 0 spiro atoms. The quantitative estimate of drug-likeness (QED) is 0.896. The number of anilines is 1. The summed E-state index contributed by atoms with van der Waals surface area (Å²) in [5.74, 6) is 0.0980. The number of amides is 1. The number of carbonyl (C=O) groups is 1. The third-order valence-electron chi connectivity index (χ3n) is 3.95. The molecule has 2 atom stereocenters. The first-order valence-corrected chi connectivity index (χ1v) is 7.21. The number of benzene rings is 1. The number of carbonyl (C=O) groups excluding carboxylic acids is 1. The normalized spacial score (nSPS) is 27.1. The fourth-order valence-corrected chi connectivity index (χ4v) is 3.40. The Kier molecular flexibility index (Phi) is 3.95. The standard InChI is InChI=1S/C14H19BrN2O/c1-2-10-5-4-8-14(10,13(16)18)17-12-7-3-6-11(15)9-12/h3,6-7,9-10,17H,2,4-5,8H2,1H3,(H2,16,18). The van der Waals surface area contributed by atoms with Gasteiger partial charge in [0.25, 0.3) is 0 Å². The molecule has 1 fully saturated rings. The van der Waals surface area contributed by atoms with E-state index in [0.717, 1.165) is 35.8 Å². The molecule has 0 aromatic heterocycles. The van der Waals surface area contributed by atoms with Crippen molar-refractivity contribution in [1.82, 2.24) is 0 Å². The van der Waals surface area contributed by atoms with Gasteiger partial charge in [0.05, 0.1) is 0 Å². The van der Waals surface area contributed by atoms with Crippen molar-refractivity contribution < 1.29 is 4.79 Å². The van der Waals surface area contributed by atoms with Gasteiger partial charge >= 0.3 is 0 Å². The molecule has 1 aromatic rings. The van der Waals surface area contributed by atoms with Crippen LogP contribution in [0.15, 0.2) is 28.7 Å². The summed E-state index contributed by atoms with van der Waals surface area (Å²) in [4.78, 5) is 11.9. The zero-order valence-corrected chi connectivity index (χ0v) is 12.2. The van der Waals surface area contributed by atoms with Gasteiger partial charge in [0.2, 0.25) is 5.91 Å². The van der Waals surface area contributed by atoms with E-state index in [-0.39, 0.29) is 5.91 Å². The van der Waals surface area contributed by atoms with Gasteiger partial charge in [0.15, 0.2) is 0 Å². The van der Waals surface area contributed by atoms with E-state index in [1.807, 2.05) is 24.3 Å². The van der Waals surface area contributed by atoms with Crippen LogP contribution in [-0.4, -0.2) is 11.4 Å². The first kappa shape index (κ1) is 13.4. The molecule has 1 saturated carbocycles. The average Bonchev–Trinajstić information content (AvgIpc) is 2.73. The molecular formula is C14H19BrN2O. The maximum Gasteiger partial charge on any atom is 0.243 e. The summed E-state index contributed by atoms with van der Waals surface area (Å²) < 4.78 is 0.998. The molecule has 0 bridgehead atoms. The van der Waals surface area contributed by atoms with Crippen molar-refractivity contribution in [2.24, 2.45) is 11.7 Å². The van der Waals surface area contributed by atoms with Crippen LogP contribution in [0.25, 0.3) is 0 Å². The first-order chi connectivity index (χ1) is 8.58. The highest BCUT2D eigenvalue weighted by molar-refractivity contribution is 9.10. The Morgan fingerprint density at radius 1 is 1.61 bits per heavy atom. The van der Waals surface area contributed by atoms with E-state index in [1.165, 1.54) is 0 Å². The predicted octanol–water partition coefficient (Wildman–Crippen LogP) is 3.30. The van der Waals surface area contributed by atoms with Crippen LogP contribution in [0.2, 0.25) is 0 Å².